The molecule has 0 aliphatic heterocycles. The molecule has 7 nitrogen and oxygen atoms in total. The summed E-state index contributed by atoms with van der Waals surface area (Å²) in [5.74, 6) is -1.92. The van der Waals surface area contributed by atoms with Crippen LogP contribution in [-0.2, 0) is 9.59 Å². The van der Waals surface area contributed by atoms with Crippen molar-refractivity contribution in [3.8, 4) is 0 Å². The maximum Gasteiger partial charge on any atom is 0.397 e. The van der Waals surface area contributed by atoms with Crippen LogP contribution >= 0.6 is 11.6 Å². The molecule has 1 heterocycles. The lowest BCUT2D eigenvalue weighted by atomic mass is 10.3. The van der Waals surface area contributed by atoms with Gasteiger partial charge in [-0.1, -0.05) is 24.3 Å². The fraction of sp³-hybridized carbons (Fsp3) is 0.400. The number of aromatic nitrogens is 2. The number of carbonyl (C=O) groups is 2. The van der Waals surface area contributed by atoms with Gasteiger partial charge in [-0.2, -0.15) is 18.3 Å². The molecule has 0 atom stereocenters. The fourth-order valence-corrected chi connectivity index (χ4v) is 2.20. The van der Waals surface area contributed by atoms with Gasteiger partial charge in [-0.3, -0.25) is 14.5 Å². The van der Waals surface area contributed by atoms with E-state index in [1.807, 2.05) is 0 Å². The van der Waals surface area contributed by atoms with Crippen molar-refractivity contribution in [2.75, 3.05) is 25.2 Å². The van der Waals surface area contributed by atoms with E-state index in [4.69, 9.17) is 17.3 Å². The molecule has 11 heteroatoms. The van der Waals surface area contributed by atoms with E-state index in [0.29, 0.717) is 10.6 Å². The van der Waals surface area contributed by atoms with Gasteiger partial charge in [0.1, 0.15) is 12.1 Å². The highest BCUT2D eigenvalue weighted by Crippen LogP contribution is 2.26. The summed E-state index contributed by atoms with van der Waals surface area (Å²) >= 11 is 6.03. The lowest BCUT2D eigenvalue weighted by Gasteiger charge is -2.23. The molecule has 2 N–H and O–H groups in total. The van der Waals surface area contributed by atoms with Crippen LogP contribution in [0.2, 0.25) is 5.15 Å². The molecule has 1 aromatic rings. The normalized spacial score (nSPS) is 12.0. The van der Waals surface area contributed by atoms with Crippen molar-refractivity contribution in [2.45, 2.75) is 19.5 Å². The summed E-state index contributed by atoms with van der Waals surface area (Å²) in [7, 11) is 1.10. The smallest absolute Gasteiger partial charge is 0.336 e. The molecule has 0 aromatic carbocycles. The third kappa shape index (κ3) is 5.88. The maximum atomic E-state index is 12.4. The van der Waals surface area contributed by atoms with Crippen LogP contribution in [0.1, 0.15) is 13.3 Å². The van der Waals surface area contributed by atoms with E-state index in [-0.39, 0.29) is 17.5 Å². The molecule has 1 aromatic heterocycles. The van der Waals surface area contributed by atoms with Gasteiger partial charge in [0.15, 0.2) is 5.15 Å². The van der Waals surface area contributed by atoms with Gasteiger partial charge < -0.3 is 10.6 Å². The Balaban J connectivity index is 2.95. The first-order valence-electron chi connectivity index (χ1n) is 7.36. The first kappa shape index (κ1) is 21.7. The van der Waals surface area contributed by atoms with Gasteiger partial charge in [-0.15, -0.1) is 0 Å². The van der Waals surface area contributed by atoms with Crippen LogP contribution in [0.25, 0.3) is 5.70 Å². The first-order chi connectivity index (χ1) is 12.0. The van der Waals surface area contributed by atoms with Crippen molar-refractivity contribution in [3.63, 3.8) is 0 Å². The molecule has 0 aliphatic carbocycles. The number of carbonyl (C=O) groups excluding carboxylic acids is 2. The summed E-state index contributed by atoms with van der Waals surface area (Å²) in [5, 5.41) is 4.01. The average molecular weight is 394 g/mol. The van der Waals surface area contributed by atoms with E-state index in [9.17, 15) is 22.8 Å². The number of likely N-dealkylation sites (N-methyl/N-ethyl adjacent to an activating group) is 1. The van der Waals surface area contributed by atoms with Gasteiger partial charge >= 0.3 is 6.18 Å². The maximum absolute atomic E-state index is 12.4. The van der Waals surface area contributed by atoms with E-state index in [1.165, 1.54) is 17.0 Å². The van der Waals surface area contributed by atoms with Gasteiger partial charge in [-0.25, -0.2) is 4.68 Å². The molecule has 0 bridgehead atoms. The number of alkyl halides is 3. The highest BCUT2D eigenvalue weighted by molar-refractivity contribution is 6.32. The molecule has 0 saturated carbocycles. The number of nitrogens with zero attached hydrogens (tertiary/aromatic N) is 4. The number of hydrogen-bond acceptors (Lipinski definition) is 4. The second-order valence-electron chi connectivity index (χ2n) is 5.34. The minimum Gasteiger partial charge on any atom is -0.336 e. The Labute approximate surface area is 153 Å². The van der Waals surface area contributed by atoms with Crippen LogP contribution in [0, 0.1) is 0 Å². The van der Waals surface area contributed by atoms with E-state index < -0.39 is 31.0 Å². The zero-order valence-electron chi connectivity index (χ0n) is 14.3. The number of allylic oxidation sites excluding steroid dienone is 3. The van der Waals surface area contributed by atoms with Crippen LogP contribution in [0.15, 0.2) is 24.9 Å². The lowest BCUT2D eigenvalue weighted by molar-refractivity contribution is -0.161. The lowest BCUT2D eigenvalue weighted by Crippen LogP contribution is -2.44. The molecular weight excluding hydrogens is 375 g/mol. The Hall–Kier alpha value is -2.33. The summed E-state index contributed by atoms with van der Waals surface area (Å²) in [5.41, 5.74) is 6.40. The number of amides is 2. The number of nitrogens with two attached hydrogens (primary N) is 1. The van der Waals surface area contributed by atoms with Gasteiger partial charge in [0.05, 0.1) is 19.4 Å². The van der Waals surface area contributed by atoms with Crippen LogP contribution < -0.4 is 10.6 Å². The average Bonchev–Trinajstić information content (AvgIpc) is 2.88. The Morgan fingerprint density at radius 1 is 1.42 bits per heavy atom. The van der Waals surface area contributed by atoms with Crippen LogP contribution in [0.3, 0.4) is 0 Å². The quantitative estimate of drug-likeness (QED) is 0.568. The monoisotopic (exact) mass is 393 g/mol. The largest absolute Gasteiger partial charge is 0.397 e. The SMILES string of the molecule is C=C/C=C(\C)n1cc(N(CN)C(=O)CN(C)C(=O)CC(F)(F)F)c(Cl)n1. The van der Waals surface area contributed by atoms with Crippen molar-refractivity contribution in [2.24, 2.45) is 5.73 Å². The third-order valence-electron chi connectivity index (χ3n) is 3.30. The second-order valence-corrected chi connectivity index (χ2v) is 5.70. The summed E-state index contributed by atoms with van der Waals surface area (Å²) in [6, 6.07) is 0. The molecule has 0 fully saturated rings. The molecule has 144 valence electrons. The van der Waals surface area contributed by atoms with Crippen molar-refractivity contribution in [3.05, 3.63) is 30.1 Å². The molecule has 0 spiro atoms. The van der Waals surface area contributed by atoms with Gasteiger partial charge in [0.2, 0.25) is 11.8 Å². The molecule has 2 amide bonds. The van der Waals surface area contributed by atoms with E-state index >= 15 is 0 Å². The standard InChI is InChI=1S/C15H19ClF3N5O2/c1-4-5-10(2)24-7-11(14(16)21-24)23(9-20)13(26)8-22(3)12(25)6-15(17,18)19/h4-5,7H,1,6,8-9,20H2,2-3H3/b10-5+. The van der Waals surface area contributed by atoms with Gasteiger partial charge in [0, 0.05) is 12.7 Å². The predicted octanol–water partition coefficient (Wildman–Crippen LogP) is 2.24. The molecule has 0 radical (unpaired) electrons. The highest BCUT2D eigenvalue weighted by atomic mass is 35.5. The topological polar surface area (TPSA) is 84.5 Å². The summed E-state index contributed by atoms with van der Waals surface area (Å²) in [6.07, 6.45) is -1.66. The Morgan fingerprint density at radius 3 is 2.54 bits per heavy atom. The Kier molecular flexibility index (Phi) is 7.40. The zero-order valence-corrected chi connectivity index (χ0v) is 15.0. The molecular formula is C15H19ClF3N5O2. The van der Waals surface area contributed by atoms with Gasteiger partial charge in [-0.05, 0) is 13.0 Å². The Bertz CT molecular complexity index is 715. The van der Waals surface area contributed by atoms with Crippen LogP contribution in [-0.4, -0.2) is 52.9 Å². The van der Waals surface area contributed by atoms with Crippen LogP contribution in [0.4, 0.5) is 18.9 Å². The summed E-state index contributed by atoms with van der Waals surface area (Å²) in [6.45, 7) is 4.40. The number of hydrogen-bond donors (Lipinski definition) is 1. The predicted molar refractivity (Wildman–Crippen MR) is 92.2 cm³/mol. The van der Waals surface area contributed by atoms with E-state index in [1.54, 1.807) is 13.0 Å². The van der Waals surface area contributed by atoms with Crippen molar-refractivity contribution in [1.29, 1.82) is 0 Å². The Morgan fingerprint density at radius 2 is 2.04 bits per heavy atom. The minimum absolute atomic E-state index is 0.0233. The van der Waals surface area contributed by atoms with E-state index in [0.717, 1.165) is 11.9 Å². The molecule has 26 heavy (non-hydrogen) atoms. The van der Waals surface area contributed by atoms with Crippen molar-refractivity contribution >= 4 is 34.8 Å². The summed E-state index contributed by atoms with van der Waals surface area (Å²) in [4.78, 5) is 25.6. The molecule has 1 rings (SSSR count). The fourth-order valence-electron chi connectivity index (χ4n) is 1.97. The number of rotatable bonds is 7. The summed E-state index contributed by atoms with van der Waals surface area (Å²) < 4.78 is 38.2. The first-order valence-corrected chi connectivity index (χ1v) is 7.74. The van der Waals surface area contributed by atoms with E-state index in [2.05, 4.69) is 11.7 Å². The third-order valence-corrected chi connectivity index (χ3v) is 3.57. The second kappa shape index (κ2) is 8.86. The molecule has 0 unspecified atom stereocenters. The van der Waals surface area contributed by atoms with Crippen molar-refractivity contribution in [1.82, 2.24) is 14.7 Å². The molecule has 0 aliphatic rings. The van der Waals surface area contributed by atoms with Gasteiger partial charge in [0.25, 0.3) is 0 Å². The number of anilines is 1. The highest BCUT2D eigenvalue weighted by Gasteiger charge is 2.33. The zero-order chi connectivity index (χ0) is 20.1. The minimum atomic E-state index is -4.65. The number of halogens is 4. The molecule has 0 saturated heterocycles. The van der Waals surface area contributed by atoms with Crippen molar-refractivity contribution < 1.29 is 22.8 Å². The van der Waals surface area contributed by atoms with Crippen LogP contribution in [0.5, 0.6) is 0 Å².